The number of benzene rings is 1. The molecule has 4 nitrogen and oxygen atoms in total. The van der Waals surface area contributed by atoms with Gasteiger partial charge in [-0.15, -0.1) is 13.2 Å². The first kappa shape index (κ1) is 25.5. The highest BCUT2D eigenvalue weighted by Crippen LogP contribution is 2.30. The number of halogens is 6. The van der Waals surface area contributed by atoms with Gasteiger partial charge in [0.15, 0.2) is 5.65 Å². The van der Waals surface area contributed by atoms with Gasteiger partial charge in [-0.25, -0.2) is 9.97 Å². The van der Waals surface area contributed by atoms with Crippen LogP contribution < -0.4 is 4.74 Å². The van der Waals surface area contributed by atoms with Crippen molar-refractivity contribution in [2.75, 3.05) is 0 Å². The monoisotopic (exact) mass is 461 g/mol. The molecule has 32 heavy (non-hydrogen) atoms. The van der Waals surface area contributed by atoms with Crippen molar-refractivity contribution in [2.45, 2.75) is 60.0 Å². The predicted octanol–water partition coefficient (Wildman–Crippen LogP) is 7.48. The first-order chi connectivity index (χ1) is 14.6. The molecule has 0 saturated heterocycles. The largest absolute Gasteiger partial charge is 0.573 e. The Bertz CT molecular complexity index is 1030. The summed E-state index contributed by atoms with van der Waals surface area (Å²) in [5, 5.41) is 0. The lowest BCUT2D eigenvalue weighted by Crippen LogP contribution is -2.17. The Kier molecular flexibility index (Phi) is 7.47. The summed E-state index contributed by atoms with van der Waals surface area (Å²) in [7, 11) is 0. The molecule has 0 atom stereocenters. The van der Waals surface area contributed by atoms with Crippen molar-refractivity contribution in [1.82, 2.24) is 14.5 Å². The lowest BCUT2D eigenvalue weighted by atomic mass is 9.91. The quantitative estimate of drug-likeness (QED) is 0.380. The van der Waals surface area contributed by atoms with E-state index in [4.69, 9.17) is 0 Å². The van der Waals surface area contributed by atoms with Gasteiger partial charge in [0, 0.05) is 5.69 Å². The molecule has 0 bridgehead atoms. The van der Waals surface area contributed by atoms with Crippen molar-refractivity contribution in [3.8, 4) is 11.4 Å². The third-order valence-corrected chi connectivity index (χ3v) is 4.29. The van der Waals surface area contributed by atoms with E-state index in [1.807, 2.05) is 0 Å². The number of imidazole rings is 1. The highest BCUT2D eigenvalue weighted by atomic mass is 19.4. The molecule has 176 valence electrons. The van der Waals surface area contributed by atoms with Gasteiger partial charge in [0.25, 0.3) is 0 Å². The van der Waals surface area contributed by atoms with E-state index in [0.29, 0.717) is 16.9 Å². The second kappa shape index (κ2) is 9.38. The first-order valence-electron chi connectivity index (χ1n) is 9.90. The molecule has 0 N–H and O–H groups in total. The van der Waals surface area contributed by atoms with E-state index >= 15 is 0 Å². The van der Waals surface area contributed by atoms with Gasteiger partial charge in [0.2, 0.25) is 0 Å². The molecule has 0 aliphatic heterocycles. The summed E-state index contributed by atoms with van der Waals surface area (Å²) in [6.45, 7) is 10.6. The Morgan fingerprint density at radius 3 is 1.91 bits per heavy atom. The van der Waals surface area contributed by atoms with Crippen molar-refractivity contribution in [1.29, 1.82) is 0 Å². The van der Waals surface area contributed by atoms with Crippen molar-refractivity contribution >= 4 is 11.2 Å². The maximum Gasteiger partial charge on any atom is 0.573 e. The van der Waals surface area contributed by atoms with Crippen LogP contribution in [0.5, 0.6) is 5.75 Å². The van der Waals surface area contributed by atoms with Crippen LogP contribution in [0.15, 0.2) is 36.4 Å². The summed E-state index contributed by atoms with van der Waals surface area (Å²) in [6, 6.07) is 6.67. The molecule has 2 aromatic heterocycles. The summed E-state index contributed by atoms with van der Waals surface area (Å²) >= 11 is 0. The fourth-order valence-electron chi connectivity index (χ4n) is 3.08. The molecule has 0 aliphatic carbocycles. The third-order valence-electron chi connectivity index (χ3n) is 4.29. The molecule has 0 fully saturated rings. The Hall–Kier alpha value is -2.78. The van der Waals surface area contributed by atoms with Crippen molar-refractivity contribution in [3.05, 3.63) is 47.9 Å². The van der Waals surface area contributed by atoms with E-state index in [9.17, 15) is 26.3 Å². The number of aryl methyl sites for hydroxylation is 1. The number of hydrogen-bond acceptors (Lipinski definition) is 3. The number of alkyl halides is 6. The molecule has 0 spiro atoms. The smallest absolute Gasteiger partial charge is 0.406 e. The normalized spacial score (nSPS) is 12.5. The Morgan fingerprint density at radius 2 is 1.47 bits per heavy atom. The van der Waals surface area contributed by atoms with E-state index in [-0.39, 0.29) is 11.2 Å². The van der Waals surface area contributed by atoms with Gasteiger partial charge >= 0.3 is 12.5 Å². The SMILES string of the molecule is CCCC(C)(C)C.Cc1nc2ccc(C(F)(F)F)nc2n1-c1ccc(OC(F)(F)F)cc1. The van der Waals surface area contributed by atoms with E-state index in [1.54, 1.807) is 6.92 Å². The van der Waals surface area contributed by atoms with Crippen LogP contribution in [0, 0.1) is 12.3 Å². The van der Waals surface area contributed by atoms with Crippen LogP contribution >= 0.6 is 0 Å². The minimum atomic E-state index is -4.83. The zero-order chi connectivity index (χ0) is 24.3. The molecule has 0 aliphatic rings. The van der Waals surface area contributed by atoms with Gasteiger partial charge in [0.1, 0.15) is 22.8 Å². The molecule has 10 heteroatoms. The van der Waals surface area contributed by atoms with Crippen LogP contribution in [0.25, 0.3) is 16.9 Å². The number of pyridine rings is 1. The fraction of sp³-hybridized carbons (Fsp3) is 0.455. The summed E-state index contributed by atoms with van der Waals surface area (Å²) in [5.41, 5.74) is -0.0353. The molecule has 3 aromatic rings. The average Bonchev–Trinajstić information content (AvgIpc) is 2.95. The zero-order valence-electron chi connectivity index (χ0n) is 18.4. The molecular formula is C22H25F6N3O. The maximum atomic E-state index is 12.9. The lowest BCUT2D eigenvalue weighted by molar-refractivity contribution is -0.274. The van der Waals surface area contributed by atoms with Gasteiger partial charge < -0.3 is 4.74 Å². The van der Waals surface area contributed by atoms with E-state index in [0.717, 1.165) is 18.2 Å². The van der Waals surface area contributed by atoms with Gasteiger partial charge in [-0.1, -0.05) is 34.1 Å². The molecule has 3 rings (SSSR count). The maximum absolute atomic E-state index is 12.9. The van der Waals surface area contributed by atoms with Gasteiger partial charge in [-0.2, -0.15) is 13.2 Å². The zero-order valence-corrected chi connectivity index (χ0v) is 18.4. The highest BCUT2D eigenvalue weighted by molar-refractivity contribution is 5.74. The number of hydrogen-bond donors (Lipinski definition) is 0. The number of ether oxygens (including phenoxy) is 1. The van der Waals surface area contributed by atoms with E-state index in [1.165, 1.54) is 35.6 Å². The Morgan fingerprint density at radius 1 is 0.875 bits per heavy atom. The van der Waals surface area contributed by atoms with E-state index < -0.39 is 24.0 Å². The van der Waals surface area contributed by atoms with Crippen LogP contribution in [0.1, 0.15) is 52.1 Å². The molecule has 0 amide bonds. The molecule has 0 saturated carbocycles. The number of rotatable bonds is 3. The molecule has 1 aromatic carbocycles. The molecule has 0 unspecified atom stereocenters. The third kappa shape index (κ3) is 7.13. The number of aromatic nitrogens is 3. The predicted molar refractivity (Wildman–Crippen MR) is 110 cm³/mol. The average molecular weight is 461 g/mol. The minimum absolute atomic E-state index is 0.0446. The highest BCUT2D eigenvalue weighted by Gasteiger charge is 2.33. The standard InChI is InChI=1S/C15H9F6N3O.C7H16/c1-8-22-11-6-7-12(14(16,17)18)23-13(11)24(8)9-2-4-10(5-3-9)25-15(19,20)21;1-5-6-7(2,3)4/h2-7H,1H3;5-6H2,1-4H3. The summed E-state index contributed by atoms with van der Waals surface area (Å²) < 4.78 is 80.2. The fourth-order valence-corrected chi connectivity index (χ4v) is 3.08. The summed E-state index contributed by atoms with van der Waals surface area (Å²) in [6.07, 6.45) is -6.81. The Labute approximate surface area is 182 Å². The van der Waals surface area contributed by atoms with Crippen molar-refractivity contribution in [3.63, 3.8) is 0 Å². The minimum Gasteiger partial charge on any atom is -0.406 e. The summed E-state index contributed by atoms with van der Waals surface area (Å²) in [5.74, 6) is -0.103. The van der Waals surface area contributed by atoms with E-state index in [2.05, 4.69) is 42.4 Å². The van der Waals surface area contributed by atoms with Crippen molar-refractivity contribution < 1.29 is 31.1 Å². The molecule has 0 radical (unpaired) electrons. The molecular weight excluding hydrogens is 436 g/mol. The second-order valence-corrected chi connectivity index (χ2v) is 8.38. The van der Waals surface area contributed by atoms with Crippen LogP contribution in [0.3, 0.4) is 0 Å². The van der Waals surface area contributed by atoms with Gasteiger partial charge in [-0.05, 0) is 55.2 Å². The molecule has 2 heterocycles. The topological polar surface area (TPSA) is 39.9 Å². The Balaban J connectivity index is 0.000000451. The summed E-state index contributed by atoms with van der Waals surface area (Å²) in [4.78, 5) is 7.71. The number of nitrogens with zero attached hydrogens (tertiary/aromatic N) is 3. The van der Waals surface area contributed by atoms with Gasteiger partial charge in [0.05, 0.1) is 0 Å². The van der Waals surface area contributed by atoms with Crippen LogP contribution in [-0.4, -0.2) is 20.9 Å². The second-order valence-electron chi connectivity index (χ2n) is 8.38. The van der Waals surface area contributed by atoms with Crippen LogP contribution in [-0.2, 0) is 6.18 Å². The van der Waals surface area contributed by atoms with Crippen molar-refractivity contribution in [2.24, 2.45) is 5.41 Å². The van der Waals surface area contributed by atoms with Crippen LogP contribution in [0.2, 0.25) is 0 Å². The lowest BCUT2D eigenvalue weighted by Gasteiger charge is -2.15. The van der Waals surface area contributed by atoms with Gasteiger partial charge in [-0.3, -0.25) is 4.57 Å². The van der Waals surface area contributed by atoms with Crippen LogP contribution in [0.4, 0.5) is 26.3 Å². The first-order valence-corrected chi connectivity index (χ1v) is 9.90. The number of fused-ring (bicyclic) bond motifs is 1.